The molecule has 22 heavy (non-hydrogen) atoms. The Morgan fingerprint density at radius 3 is 2.50 bits per heavy atom. The van der Waals surface area contributed by atoms with E-state index < -0.39 is 10.1 Å². The summed E-state index contributed by atoms with van der Waals surface area (Å²) >= 11 is 0. The average molecular weight is 323 g/mol. The molecule has 6 nitrogen and oxygen atoms in total. The third-order valence-corrected chi connectivity index (χ3v) is 4.45. The molecule has 1 heterocycles. The van der Waals surface area contributed by atoms with Crippen molar-refractivity contribution >= 4 is 16.2 Å². The van der Waals surface area contributed by atoms with Gasteiger partial charge in [0.15, 0.2) is 22.2 Å². The highest BCUT2D eigenvalue weighted by Gasteiger charge is 2.27. The number of allylic oxidation sites excluding steroid dienone is 1. The molecule has 0 spiro atoms. The topological polar surface area (TPSA) is 78.6 Å². The van der Waals surface area contributed by atoms with Gasteiger partial charge in [0.25, 0.3) is 0 Å². The van der Waals surface area contributed by atoms with Crippen molar-refractivity contribution in [3.05, 3.63) is 41.3 Å². The first-order chi connectivity index (χ1) is 10.4. The van der Waals surface area contributed by atoms with E-state index in [0.29, 0.717) is 5.75 Å². The van der Waals surface area contributed by atoms with Crippen LogP contribution in [0.15, 0.2) is 33.7 Å². The lowest BCUT2D eigenvalue weighted by Gasteiger charge is -2.11. The van der Waals surface area contributed by atoms with Crippen LogP contribution in [-0.4, -0.2) is 20.7 Å². The van der Waals surface area contributed by atoms with E-state index in [4.69, 9.17) is 13.4 Å². The van der Waals surface area contributed by atoms with Crippen molar-refractivity contribution in [2.24, 2.45) is 0 Å². The molecule has 0 atom stereocenters. The van der Waals surface area contributed by atoms with Crippen LogP contribution in [0.5, 0.6) is 11.5 Å². The molecule has 1 aromatic heterocycles. The number of hydrogen-bond acceptors (Lipinski definition) is 6. The minimum absolute atomic E-state index is 0.0629. The van der Waals surface area contributed by atoms with E-state index in [-0.39, 0.29) is 22.1 Å². The van der Waals surface area contributed by atoms with Crippen LogP contribution in [0.25, 0.3) is 6.08 Å². The number of aromatic nitrogens is 1. The lowest BCUT2D eigenvalue weighted by molar-refractivity contribution is 0.385. The van der Waals surface area contributed by atoms with Gasteiger partial charge in [-0.25, -0.2) is 0 Å². The first-order valence-corrected chi connectivity index (χ1v) is 7.98. The quantitative estimate of drug-likeness (QED) is 0.787. The lowest BCUT2D eigenvalue weighted by atomic mass is 10.2. The van der Waals surface area contributed by atoms with Gasteiger partial charge in [0, 0.05) is 0 Å². The molecule has 0 amide bonds. The second kappa shape index (κ2) is 6.23. The van der Waals surface area contributed by atoms with Crippen LogP contribution < -0.4 is 8.92 Å². The maximum Gasteiger partial charge on any atom is 0.344 e. The standard InChI is InChI=1S/C15H17NO5S/c1-5-6-12-7-8-13(14(9-12)19-4)21-22(17,18)15-10(2)16-20-11(15)3/h5-9H,1-4H3/b6-5+. The second-order valence-electron chi connectivity index (χ2n) is 4.60. The van der Waals surface area contributed by atoms with Gasteiger partial charge in [-0.3, -0.25) is 0 Å². The van der Waals surface area contributed by atoms with Crippen molar-refractivity contribution < 1.29 is 21.9 Å². The number of hydrogen-bond donors (Lipinski definition) is 0. The Morgan fingerprint density at radius 1 is 1.23 bits per heavy atom. The Morgan fingerprint density at radius 2 is 1.95 bits per heavy atom. The van der Waals surface area contributed by atoms with Crippen molar-refractivity contribution in [2.75, 3.05) is 7.11 Å². The number of rotatable bonds is 5. The first kappa shape index (κ1) is 16.1. The van der Waals surface area contributed by atoms with Gasteiger partial charge in [0.1, 0.15) is 5.69 Å². The molecule has 0 fully saturated rings. The van der Waals surface area contributed by atoms with E-state index in [9.17, 15) is 8.42 Å². The Bertz CT molecular complexity index is 786. The lowest BCUT2D eigenvalue weighted by Crippen LogP contribution is -2.12. The van der Waals surface area contributed by atoms with Crippen molar-refractivity contribution in [2.45, 2.75) is 25.7 Å². The SMILES string of the molecule is C/C=C/c1ccc(OS(=O)(=O)c2c(C)noc2C)c(OC)c1. The molecule has 0 aliphatic heterocycles. The van der Waals surface area contributed by atoms with E-state index >= 15 is 0 Å². The molecule has 2 aromatic rings. The van der Waals surface area contributed by atoms with Crippen LogP contribution in [0.1, 0.15) is 23.9 Å². The number of benzene rings is 1. The van der Waals surface area contributed by atoms with Gasteiger partial charge in [0.05, 0.1) is 7.11 Å². The fraction of sp³-hybridized carbons (Fsp3) is 0.267. The molecular weight excluding hydrogens is 306 g/mol. The number of nitrogens with zero attached hydrogens (tertiary/aromatic N) is 1. The highest BCUT2D eigenvalue weighted by Crippen LogP contribution is 2.32. The predicted molar refractivity (Wildman–Crippen MR) is 81.5 cm³/mol. The molecule has 0 radical (unpaired) electrons. The van der Waals surface area contributed by atoms with Crippen molar-refractivity contribution in [1.29, 1.82) is 0 Å². The smallest absolute Gasteiger partial charge is 0.344 e. The Kier molecular flexibility index (Phi) is 4.56. The zero-order valence-electron chi connectivity index (χ0n) is 12.8. The maximum absolute atomic E-state index is 12.4. The molecule has 0 saturated heterocycles. The Hall–Kier alpha value is -2.28. The summed E-state index contributed by atoms with van der Waals surface area (Å²) in [5.74, 6) is 0.615. The van der Waals surface area contributed by atoms with E-state index in [1.54, 1.807) is 25.1 Å². The number of aryl methyl sites for hydroxylation is 2. The Balaban J connectivity index is 2.42. The van der Waals surface area contributed by atoms with Gasteiger partial charge in [0.2, 0.25) is 0 Å². The predicted octanol–water partition coefficient (Wildman–Crippen LogP) is 3.10. The van der Waals surface area contributed by atoms with Crippen molar-refractivity contribution in [1.82, 2.24) is 5.16 Å². The second-order valence-corrected chi connectivity index (χ2v) is 6.08. The summed E-state index contributed by atoms with van der Waals surface area (Å²) in [5.41, 5.74) is 1.13. The largest absolute Gasteiger partial charge is 0.493 e. The number of ether oxygens (including phenoxy) is 1. The monoisotopic (exact) mass is 323 g/mol. The van der Waals surface area contributed by atoms with E-state index in [2.05, 4.69) is 5.16 Å². The van der Waals surface area contributed by atoms with Gasteiger partial charge >= 0.3 is 10.1 Å². The van der Waals surface area contributed by atoms with Crippen LogP contribution >= 0.6 is 0 Å². The van der Waals surface area contributed by atoms with Crippen LogP contribution in [0.3, 0.4) is 0 Å². The van der Waals surface area contributed by atoms with Crippen molar-refractivity contribution in [3.8, 4) is 11.5 Å². The summed E-state index contributed by atoms with van der Waals surface area (Å²) in [7, 11) is -2.59. The average Bonchev–Trinajstić information content (AvgIpc) is 2.80. The summed E-state index contributed by atoms with van der Waals surface area (Å²) in [5, 5.41) is 3.63. The minimum Gasteiger partial charge on any atom is -0.493 e. The molecule has 7 heteroatoms. The van der Waals surface area contributed by atoms with Gasteiger partial charge in [-0.15, -0.1) is 0 Å². The highest BCUT2D eigenvalue weighted by atomic mass is 32.2. The Labute approximate surface area is 129 Å². The van der Waals surface area contributed by atoms with Gasteiger partial charge in [-0.1, -0.05) is 23.4 Å². The first-order valence-electron chi connectivity index (χ1n) is 6.57. The molecule has 2 rings (SSSR count). The maximum atomic E-state index is 12.4. The minimum atomic E-state index is -4.04. The zero-order chi connectivity index (χ0) is 16.3. The summed E-state index contributed by atoms with van der Waals surface area (Å²) in [4.78, 5) is -0.0629. The summed E-state index contributed by atoms with van der Waals surface area (Å²) in [6.45, 7) is 4.94. The van der Waals surface area contributed by atoms with E-state index in [0.717, 1.165) is 5.56 Å². The van der Waals surface area contributed by atoms with Gasteiger partial charge in [-0.05, 0) is 38.5 Å². The highest BCUT2D eigenvalue weighted by molar-refractivity contribution is 7.87. The molecule has 0 aliphatic carbocycles. The molecule has 0 saturated carbocycles. The molecule has 0 aliphatic rings. The third-order valence-electron chi connectivity index (χ3n) is 2.96. The van der Waals surface area contributed by atoms with Crippen LogP contribution in [0, 0.1) is 13.8 Å². The van der Waals surface area contributed by atoms with Gasteiger partial charge < -0.3 is 13.4 Å². The fourth-order valence-corrected chi connectivity index (χ4v) is 3.29. The molecule has 0 N–H and O–H groups in total. The van der Waals surface area contributed by atoms with Crippen LogP contribution in [0.4, 0.5) is 0 Å². The molecule has 1 aromatic carbocycles. The fourth-order valence-electron chi connectivity index (χ4n) is 2.04. The molecular formula is C15H17NO5S. The summed E-state index contributed by atoms with van der Waals surface area (Å²) in [6.07, 6.45) is 3.74. The zero-order valence-corrected chi connectivity index (χ0v) is 13.6. The molecule has 0 bridgehead atoms. The number of methoxy groups -OCH3 is 1. The van der Waals surface area contributed by atoms with Crippen LogP contribution in [0.2, 0.25) is 0 Å². The van der Waals surface area contributed by atoms with Crippen molar-refractivity contribution in [3.63, 3.8) is 0 Å². The third kappa shape index (κ3) is 3.14. The van der Waals surface area contributed by atoms with Crippen LogP contribution in [-0.2, 0) is 10.1 Å². The van der Waals surface area contributed by atoms with E-state index in [1.807, 2.05) is 19.1 Å². The summed E-state index contributed by atoms with van der Waals surface area (Å²) < 4.78 is 40.0. The van der Waals surface area contributed by atoms with Gasteiger partial charge in [-0.2, -0.15) is 8.42 Å². The molecule has 0 unspecified atom stereocenters. The molecule has 118 valence electrons. The normalized spacial score (nSPS) is 11.8. The summed E-state index contributed by atoms with van der Waals surface area (Å²) in [6, 6.07) is 4.97. The van der Waals surface area contributed by atoms with E-state index in [1.165, 1.54) is 14.0 Å².